The number of nitrogens with one attached hydrogen (secondary N) is 1. The van der Waals surface area contributed by atoms with Crippen LogP contribution in [0.5, 0.6) is 5.75 Å². The molecule has 1 atom stereocenters. The minimum atomic E-state index is -0.539. The second kappa shape index (κ2) is 6.38. The van der Waals surface area contributed by atoms with Gasteiger partial charge in [-0.3, -0.25) is 15.1 Å². The van der Waals surface area contributed by atoms with Gasteiger partial charge in [0.15, 0.2) is 11.1 Å². The normalized spacial score (nSPS) is 15.2. The van der Waals surface area contributed by atoms with Crippen molar-refractivity contribution in [2.45, 2.75) is 12.5 Å². The van der Waals surface area contributed by atoms with Crippen molar-refractivity contribution in [3.63, 3.8) is 0 Å². The van der Waals surface area contributed by atoms with Gasteiger partial charge >= 0.3 is 0 Å². The highest BCUT2D eigenvalue weighted by atomic mass is 35.5. The lowest BCUT2D eigenvalue weighted by Gasteiger charge is -2.18. The maximum absolute atomic E-state index is 10.9. The van der Waals surface area contributed by atoms with Crippen molar-refractivity contribution in [1.29, 1.82) is 0 Å². The van der Waals surface area contributed by atoms with Crippen LogP contribution in [-0.4, -0.2) is 30.0 Å². The third-order valence-electron chi connectivity index (χ3n) is 2.79. The molecule has 6 nitrogen and oxygen atoms in total. The zero-order valence-electron chi connectivity index (χ0n) is 10.7. The number of hydrogen-bond acceptors (Lipinski definition) is 5. The molecule has 1 heterocycles. The molecule has 7 heteroatoms. The summed E-state index contributed by atoms with van der Waals surface area (Å²) in [7, 11) is 0. The van der Waals surface area contributed by atoms with Crippen LogP contribution in [0.4, 0.5) is 5.69 Å². The highest BCUT2D eigenvalue weighted by molar-refractivity contribution is 6.34. The first kappa shape index (κ1) is 14.3. The van der Waals surface area contributed by atoms with Gasteiger partial charge in [0.1, 0.15) is 11.6 Å². The Morgan fingerprint density at radius 3 is 3.05 bits per heavy atom. The van der Waals surface area contributed by atoms with E-state index in [0.29, 0.717) is 18.8 Å². The molecule has 0 bridgehead atoms. The number of nitro benzene ring substituents is 1. The molecule has 0 saturated heterocycles. The van der Waals surface area contributed by atoms with Crippen LogP contribution in [0.15, 0.2) is 35.8 Å². The van der Waals surface area contributed by atoms with Crippen LogP contribution in [0, 0.1) is 10.1 Å². The molecule has 2 rings (SSSR count). The quantitative estimate of drug-likeness (QED) is 0.497. The summed E-state index contributed by atoms with van der Waals surface area (Å²) in [5.41, 5.74) is -0.178. The van der Waals surface area contributed by atoms with Crippen molar-refractivity contribution in [2.75, 3.05) is 13.1 Å². The molecule has 0 fully saturated rings. The van der Waals surface area contributed by atoms with Gasteiger partial charge in [-0.15, -0.1) is 6.58 Å². The first-order valence-electron chi connectivity index (χ1n) is 6.12. The van der Waals surface area contributed by atoms with Gasteiger partial charge in [0, 0.05) is 19.0 Å². The Morgan fingerprint density at radius 2 is 2.45 bits per heavy atom. The molecule has 1 N–H and O–H groups in total. The Kier molecular flexibility index (Phi) is 4.57. The SMILES string of the molecule is C=CCC(Oc1cccc([N+](=O)[O-])c1Cl)C1=NCCN1. The molecule has 20 heavy (non-hydrogen) atoms. The number of rotatable bonds is 6. The summed E-state index contributed by atoms with van der Waals surface area (Å²) in [4.78, 5) is 14.6. The fourth-order valence-corrected chi connectivity index (χ4v) is 2.12. The van der Waals surface area contributed by atoms with Gasteiger partial charge in [0.05, 0.1) is 11.5 Å². The maximum Gasteiger partial charge on any atom is 0.291 e. The Balaban J connectivity index is 2.24. The summed E-state index contributed by atoms with van der Waals surface area (Å²) >= 11 is 6.00. The van der Waals surface area contributed by atoms with Crippen molar-refractivity contribution in [3.8, 4) is 5.75 Å². The van der Waals surface area contributed by atoms with E-state index in [1.54, 1.807) is 12.1 Å². The lowest BCUT2D eigenvalue weighted by Crippen LogP contribution is -2.35. The Labute approximate surface area is 121 Å². The van der Waals surface area contributed by atoms with E-state index in [-0.39, 0.29) is 22.6 Å². The number of amidine groups is 1. The average Bonchev–Trinajstić information content (AvgIpc) is 2.94. The van der Waals surface area contributed by atoms with Gasteiger partial charge < -0.3 is 10.1 Å². The predicted molar refractivity (Wildman–Crippen MR) is 77.6 cm³/mol. The molecule has 1 aliphatic heterocycles. The zero-order valence-corrected chi connectivity index (χ0v) is 11.5. The molecule has 1 aromatic carbocycles. The smallest absolute Gasteiger partial charge is 0.291 e. The molecule has 106 valence electrons. The lowest BCUT2D eigenvalue weighted by molar-refractivity contribution is -0.384. The van der Waals surface area contributed by atoms with Crippen LogP contribution < -0.4 is 10.1 Å². The van der Waals surface area contributed by atoms with Crippen molar-refractivity contribution in [3.05, 3.63) is 46.0 Å². The van der Waals surface area contributed by atoms with Crippen molar-refractivity contribution in [1.82, 2.24) is 5.32 Å². The van der Waals surface area contributed by atoms with E-state index in [0.717, 1.165) is 6.54 Å². The Bertz CT molecular complexity index is 560. The molecule has 0 saturated carbocycles. The molecule has 1 aromatic rings. The molecule has 1 unspecified atom stereocenters. The van der Waals surface area contributed by atoms with E-state index in [4.69, 9.17) is 16.3 Å². The summed E-state index contributed by atoms with van der Waals surface area (Å²) in [6, 6.07) is 4.47. The molecule has 0 aromatic heterocycles. The van der Waals surface area contributed by atoms with Crippen molar-refractivity contribution >= 4 is 23.1 Å². The highest BCUT2D eigenvalue weighted by Gasteiger charge is 2.23. The number of nitrogens with zero attached hydrogens (tertiary/aromatic N) is 2. The summed E-state index contributed by atoms with van der Waals surface area (Å²) in [6.07, 6.45) is 1.87. The maximum atomic E-state index is 10.9. The van der Waals surface area contributed by atoms with Crippen LogP contribution in [0.2, 0.25) is 5.02 Å². The van der Waals surface area contributed by atoms with Crippen LogP contribution >= 0.6 is 11.6 Å². The number of ether oxygens (including phenoxy) is 1. The topological polar surface area (TPSA) is 76.8 Å². The number of benzene rings is 1. The average molecular weight is 296 g/mol. The standard InChI is InChI=1S/C13H14ClN3O3/c1-2-4-11(13-15-7-8-16-13)20-10-6-3-5-9(12(10)14)17(18)19/h2-3,5-6,11H,1,4,7-8H2,(H,15,16). The minimum absolute atomic E-state index is 0.00911. The monoisotopic (exact) mass is 295 g/mol. The Hall–Kier alpha value is -2.08. The van der Waals surface area contributed by atoms with E-state index in [1.165, 1.54) is 12.1 Å². The first-order valence-corrected chi connectivity index (χ1v) is 6.50. The molecule has 0 spiro atoms. The second-order valence-electron chi connectivity index (χ2n) is 4.17. The van der Waals surface area contributed by atoms with Crippen molar-refractivity contribution < 1.29 is 9.66 Å². The molecule has 1 aliphatic rings. The number of aliphatic imine (C=N–C) groups is 1. The first-order chi connectivity index (χ1) is 9.63. The van der Waals surface area contributed by atoms with E-state index >= 15 is 0 Å². The Morgan fingerprint density at radius 1 is 1.65 bits per heavy atom. The largest absolute Gasteiger partial charge is 0.480 e. The summed E-state index contributed by atoms with van der Waals surface area (Å²) < 4.78 is 5.76. The van der Waals surface area contributed by atoms with Gasteiger partial charge in [-0.25, -0.2) is 0 Å². The molecule has 0 aliphatic carbocycles. The highest BCUT2D eigenvalue weighted by Crippen LogP contribution is 2.34. The molecule has 0 amide bonds. The van der Waals surface area contributed by atoms with E-state index in [1.807, 2.05) is 0 Å². The molecule has 0 radical (unpaired) electrons. The van der Waals surface area contributed by atoms with E-state index < -0.39 is 4.92 Å². The van der Waals surface area contributed by atoms with Crippen LogP contribution in [0.1, 0.15) is 6.42 Å². The fourth-order valence-electron chi connectivity index (χ4n) is 1.88. The molecular formula is C13H14ClN3O3. The van der Waals surface area contributed by atoms with Crippen LogP contribution in [-0.2, 0) is 0 Å². The predicted octanol–water partition coefficient (Wildman–Crippen LogP) is 2.57. The van der Waals surface area contributed by atoms with Crippen molar-refractivity contribution in [2.24, 2.45) is 4.99 Å². The summed E-state index contributed by atoms with van der Waals surface area (Å²) in [6.45, 7) is 5.13. The number of nitro groups is 1. The third kappa shape index (κ3) is 3.08. The van der Waals surface area contributed by atoms with Gasteiger partial charge in [-0.05, 0) is 6.07 Å². The van der Waals surface area contributed by atoms with Crippen LogP contribution in [0.25, 0.3) is 0 Å². The van der Waals surface area contributed by atoms with Gasteiger partial charge in [0.25, 0.3) is 5.69 Å². The number of halogens is 1. The zero-order chi connectivity index (χ0) is 14.5. The van der Waals surface area contributed by atoms with Gasteiger partial charge in [-0.2, -0.15) is 0 Å². The molecular weight excluding hydrogens is 282 g/mol. The number of hydrogen-bond donors (Lipinski definition) is 1. The summed E-state index contributed by atoms with van der Waals surface area (Å²) in [5.74, 6) is 0.983. The third-order valence-corrected chi connectivity index (χ3v) is 3.17. The summed E-state index contributed by atoms with van der Waals surface area (Å²) in [5, 5.41) is 14.0. The lowest BCUT2D eigenvalue weighted by atomic mass is 10.2. The minimum Gasteiger partial charge on any atom is -0.480 e. The van der Waals surface area contributed by atoms with Gasteiger partial charge in [-0.1, -0.05) is 23.7 Å². The second-order valence-corrected chi connectivity index (χ2v) is 4.55. The fraction of sp³-hybridized carbons (Fsp3) is 0.308. The van der Waals surface area contributed by atoms with E-state index in [2.05, 4.69) is 16.9 Å². The van der Waals surface area contributed by atoms with Crippen LogP contribution in [0.3, 0.4) is 0 Å². The van der Waals surface area contributed by atoms with Gasteiger partial charge in [0.2, 0.25) is 0 Å². The van der Waals surface area contributed by atoms with E-state index in [9.17, 15) is 10.1 Å².